The molecule has 0 spiro atoms. The van der Waals surface area contributed by atoms with E-state index < -0.39 is 23.5 Å². The van der Waals surface area contributed by atoms with Gasteiger partial charge in [-0.05, 0) is 72.8 Å². The number of aliphatic carboxylic acids is 1. The molecule has 216 valence electrons. The third kappa shape index (κ3) is 8.35. The number of pyridine rings is 2. The minimum atomic E-state index is -1.24. The van der Waals surface area contributed by atoms with Gasteiger partial charge in [-0.15, -0.1) is 0 Å². The quantitative estimate of drug-likeness (QED) is 0.364. The van der Waals surface area contributed by atoms with Gasteiger partial charge in [0, 0.05) is 47.9 Å². The van der Waals surface area contributed by atoms with Crippen LogP contribution in [0.1, 0.15) is 85.6 Å². The minimum Gasteiger partial charge on any atom is -0.479 e. The maximum absolute atomic E-state index is 15.2. The largest absolute Gasteiger partial charge is 0.479 e. The molecule has 0 saturated carbocycles. The van der Waals surface area contributed by atoms with E-state index in [1.165, 1.54) is 12.3 Å². The van der Waals surface area contributed by atoms with E-state index >= 15 is 4.39 Å². The summed E-state index contributed by atoms with van der Waals surface area (Å²) in [5, 5.41) is 10.2. The first kappa shape index (κ1) is 30.8. The minimum absolute atomic E-state index is 0.114. The van der Waals surface area contributed by atoms with Crippen molar-refractivity contribution in [1.82, 2.24) is 9.97 Å². The number of ether oxygens (including phenoxy) is 3. The lowest BCUT2D eigenvalue weighted by Gasteiger charge is -2.40. The lowest BCUT2D eigenvalue weighted by atomic mass is 9.82. The van der Waals surface area contributed by atoms with Crippen molar-refractivity contribution in [2.75, 3.05) is 31.2 Å². The average molecular weight is 546 g/mol. The number of carbonyl (C=O) groups is 1. The molecule has 3 rings (SSSR count). The summed E-state index contributed by atoms with van der Waals surface area (Å²) in [5.41, 5.74) is 1.97. The van der Waals surface area contributed by atoms with E-state index in [4.69, 9.17) is 14.2 Å². The predicted molar refractivity (Wildman–Crippen MR) is 150 cm³/mol. The average Bonchev–Trinajstić information content (AvgIpc) is 2.80. The van der Waals surface area contributed by atoms with Crippen LogP contribution in [0, 0.1) is 18.2 Å². The van der Waals surface area contributed by atoms with Gasteiger partial charge in [0.25, 0.3) is 0 Å². The van der Waals surface area contributed by atoms with Crippen LogP contribution in [0.25, 0.3) is 11.1 Å². The molecule has 2 aromatic rings. The highest BCUT2D eigenvalue weighted by Gasteiger charge is 2.36. The summed E-state index contributed by atoms with van der Waals surface area (Å²) in [6, 6.07) is 1.36. The van der Waals surface area contributed by atoms with Gasteiger partial charge in [0.1, 0.15) is 6.61 Å². The van der Waals surface area contributed by atoms with Gasteiger partial charge in [0.15, 0.2) is 11.9 Å². The monoisotopic (exact) mass is 545 g/mol. The van der Waals surface area contributed by atoms with E-state index in [0.717, 1.165) is 25.9 Å². The predicted octanol–water partition coefficient (Wildman–Crippen LogP) is 6.35. The van der Waals surface area contributed by atoms with Crippen LogP contribution in [-0.4, -0.2) is 58.5 Å². The molecule has 0 aliphatic carbocycles. The van der Waals surface area contributed by atoms with Gasteiger partial charge >= 0.3 is 5.97 Å². The molecule has 1 fully saturated rings. The fourth-order valence-corrected chi connectivity index (χ4v) is 4.56. The third-order valence-corrected chi connectivity index (χ3v) is 6.65. The Bertz CT molecular complexity index is 1160. The maximum atomic E-state index is 15.2. The number of carboxylic acids is 1. The first-order valence-corrected chi connectivity index (χ1v) is 13.6. The van der Waals surface area contributed by atoms with Crippen LogP contribution < -0.4 is 9.64 Å². The van der Waals surface area contributed by atoms with Gasteiger partial charge in [-0.2, -0.15) is 0 Å². The van der Waals surface area contributed by atoms with Crippen LogP contribution in [0.4, 0.5) is 10.1 Å². The lowest BCUT2D eigenvalue weighted by molar-refractivity contribution is -0.160. The van der Waals surface area contributed by atoms with Gasteiger partial charge in [0.2, 0.25) is 5.88 Å². The number of carboxylic acid groups (broad SMARTS) is 1. The second kappa shape index (κ2) is 11.8. The molecule has 1 aliphatic heterocycles. The molecule has 8 nitrogen and oxygen atoms in total. The molecule has 1 N–H and O–H groups in total. The highest BCUT2D eigenvalue weighted by molar-refractivity contribution is 5.86. The van der Waals surface area contributed by atoms with Crippen molar-refractivity contribution in [2.45, 2.75) is 92.5 Å². The summed E-state index contributed by atoms with van der Waals surface area (Å²) in [7, 11) is 0. The summed E-state index contributed by atoms with van der Waals surface area (Å²) >= 11 is 0. The SMILES string of the molecule is Cc1ncc(-c2cnc(OCCOC(C)(C)C)c(F)c2)c(N2CCC(C)(C)CC2)c1[C@H](OC(C)(C)C)C(=O)O. The van der Waals surface area contributed by atoms with Gasteiger partial charge in [0.05, 0.1) is 23.5 Å². The second-order valence-electron chi connectivity index (χ2n) is 12.9. The molecule has 1 atom stereocenters. The van der Waals surface area contributed by atoms with Crippen molar-refractivity contribution in [1.29, 1.82) is 0 Å². The van der Waals surface area contributed by atoms with Gasteiger partial charge in [-0.25, -0.2) is 14.2 Å². The lowest BCUT2D eigenvalue weighted by Crippen LogP contribution is -2.39. The molecule has 1 aliphatic rings. The Kier molecular flexibility index (Phi) is 9.27. The van der Waals surface area contributed by atoms with E-state index in [-0.39, 0.29) is 23.5 Å². The van der Waals surface area contributed by atoms with Gasteiger partial charge < -0.3 is 24.2 Å². The van der Waals surface area contributed by atoms with E-state index in [0.29, 0.717) is 34.7 Å². The normalized spacial score (nSPS) is 16.7. The van der Waals surface area contributed by atoms with Crippen molar-refractivity contribution in [3.8, 4) is 17.0 Å². The second-order valence-corrected chi connectivity index (χ2v) is 12.9. The number of rotatable bonds is 9. The highest BCUT2D eigenvalue weighted by Crippen LogP contribution is 2.43. The highest BCUT2D eigenvalue weighted by atomic mass is 19.1. The van der Waals surface area contributed by atoms with Crippen LogP contribution in [-0.2, 0) is 14.3 Å². The molecule has 3 heterocycles. The summed E-state index contributed by atoms with van der Waals surface area (Å²) in [4.78, 5) is 23.5. The first-order chi connectivity index (χ1) is 18.0. The molecule has 9 heteroatoms. The van der Waals surface area contributed by atoms with Crippen LogP contribution in [0.15, 0.2) is 18.5 Å². The molecular formula is C30H44FN3O5. The Morgan fingerprint density at radius 1 is 1.08 bits per heavy atom. The van der Waals surface area contributed by atoms with E-state index in [1.807, 2.05) is 41.5 Å². The molecule has 0 bridgehead atoms. The summed E-state index contributed by atoms with van der Waals surface area (Å²) < 4.78 is 32.4. The zero-order chi connectivity index (χ0) is 29.2. The Labute approximate surface area is 231 Å². The first-order valence-electron chi connectivity index (χ1n) is 13.6. The molecule has 0 amide bonds. The van der Waals surface area contributed by atoms with E-state index in [1.54, 1.807) is 13.1 Å². The van der Waals surface area contributed by atoms with Crippen LogP contribution >= 0.6 is 0 Å². The van der Waals surface area contributed by atoms with Gasteiger partial charge in [-0.1, -0.05) is 13.8 Å². The zero-order valence-corrected chi connectivity index (χ0v) is 24.9. The number of anilines is 1. The molecular weight excluding hydrogens is 501 g/mol. The topological polar surface area (TPSA) is 94.0 Å². The number of halogens is 1. The Morgan fingerprint density at radius 2 is 1.72 bits per heavy atom. The maximum Gasteiger partial charge on any atom is 0.337 e. The van der Waals surface area contributed by atoms with Crippen LogP contribution in [0.5, 0.6) is 5.88 Å². The molecule has 39 heavy (non-hydrogen) atoms. The fourth-order valence-electron chi connectivity index (χ4n) is 4.56. The summed E-state index contributed by atoms with van der Waals surface area (Å²) in [5.74, 6) is -1.83. The Morgan fingerprint density at radius 3 is 2.26 bits per heavy atom. The Hall–Kier alpha value is -2.78. The molecule has 0 unspecified atom stereocenters. The smallest absolute Gasteiger partial charge is 0.337 e. The summed E-state index contributed by atoms with van der Waals surface area (Å²) in [6.45, 7) is 19.4. The number of hydrogen-bond donors (Lipinski definition) is 1. The van der Waals surface area contributed by atoms with Crippen molar-refractivity contribution in [3.63, 3.8) is 0 Å². The zero-order valence-electron chi connectivity index (χ0n) is 24.9. The Balaban J connectivity index is 2.06. The fraction of sp³-hybridized carbons (Fsp3) is 0.633. The number of aryl methyl sites for hydroxylation is 1. The van der Waals surface area contributed by atoms with E-state index in [2.05, 4.69) is 28.7 Å². The molecule has 1 saturated heterocycles. The molecule has 0 radical (unpaired) electrons. The van der Waals surface area contributed by atoms with Crippen molar-refractivity contribution < 1.29 is 28.5 Å². The number of hydrogen-bond acceptors (Lipinski definition) is 7. The third-order valence-electron chi connectivity index (χ3n) is 6.65. The van der Waals surface area contributed by atoms with E-state index in [9.17, 15) is 9.90 Å². The van der Waals surface area contributed by atoms with Gasteiger partial charge in [-0.3, -0.25) is 4.98 Å². The van der Waals surface area contributed by atoms with Crippen LogP contribution in [0.3, 0.4) is 0 Å². The number of piperidine rings is 1. The molecule has 0 aromatic carbocycles. The van der Waals surface area contributed by atoms with Crippen molar-refractivity contribution >= 4 is 11.7 Å². The summed E-state index contributed by atoms with van der Waals surface area (Å²) in [6.07, 6.45) is 3.82. The number of aromatic nitrogens is 2. The number of nitrogens with zero attached hydrogens (tertiary/aromatic N) is 3. The van der Waals surface area contributed by atoms with Crippen LogP contribution in [0.2, 0.25) is 0 Å². The van der Waals surface area contributed by atoms with Crippen molar-refractivity contribution in [3.05, 3.63) is 35.5 Å². The standard InChI is InChI=1S/C30H44FN3O5/c1-19-23(25(27(35)36)39-29(5,6)7)24(34-12-10-30(8,9)11-13-34)21(18-32-19)20-16-22(31)26(33-17-20)37-14-15-38-28(2,3)4/h16-18,25H,10-15H2,1-9H3,(H,35,36)/t25-/m0/s1. The molecule has 2 aromatic heterocycles. The van der Waals surface area contributed by atoms with Crippen molar-refractivity contribution in [2.24, 2.45) is 5.41 Å².